The number of aromatic nitrogens is 2. The second kappa shape index (κ2) is 6.29. The average molecular weight is 338 g/mol. The van der Waals surface area contributed by atoms with Gasteiger partial charge >= 0.3 is 0 Å². The van der Waals surface area contributed by atoms with Gasteiger partial charge in [0.1, 0.15) is 11.0 Å². The second-order valence-corrected chi connectivity index (χ2v) is 6.02. The molecule has 2 aromatic rings. The molecule has 5 nitrogen and oxygen atoms in total. The number of nitrogens with zero attached hydrogens (tertiary/aromatic N) is 2. The fourth-order valence-corrected chi connectivity index (χ4v) is 2.95. The van der Waals surface area contributed by atoms with Crippen LogP contribution in [-0.4, -0.2) is 28.9 Å². The number of carbonyl (C=O) groups excluding carboxylic acids is 1. The van der Waals surface area contributed by atoms with Crippen molar-refractivity contribution in [3.8, 4) is 0 Å². The first-order chi connectivity index (χ1) is 11.0. The standard InChI is InChI=1S/C16H17ClFN3O2/c1-21-14(17)10-13(20-21)15(22)19-16(6-8-23-9-7-16)11-2-4-12(18)5-3-11/h2-5,10H,6-9H2,1H3,(H,19,22). The Labute approximate surface area is 138 Å². The van der Waals surface area contributed by atoms with E-state index in [1.165, 1.54) is 22.9 Å². The number of aryl methyl sites for hydroxylation is 1. The molecule has 0 radical (unpaired) electrons. The third-order valence-corrected chi connectivity index (χ3v) is 4.51. The molecule has 122 valence electrons. The molecule has 1 aromatic carbocycles. The Morgan fingerprint density at radius 3 is 2.57 bits per heavy atom. The van der Waals surface area contributed by atoms with Crippen LogP contribution in [0.3, 0.4) is 0 Å². The van der Waals surface area contributed by atoms with Gasteiger partial charge in [0.05, 0.1) is 5.54 Å². The van der Waals surface area contributed by atoms with E-state index in [1.54, 1.807) is 19.2 Å². The number of halogens is 2. The first-order valence-electron chi connectivity index (χ1n) is 7.36. The summed E-state index contributed by atoms with van der Waals surface area (Å²) in [6.45, 7) is 1.06. The minimum Gasteiger partial charge on any atom is -0.381 e. The van der Waals surface area contributed by atoms with Crippen molar-refractivity contribution in [2.75, 3.05) is 13.2 Å². The molecule has 1 aromatic heterocycles. The molecule has 1 N–H and O–H groups in total. The third-order valence-electron chi connectivity index (χ3n) is 4.15. The molecule has 1 fully saturated rings. The highest BCUT2D eigenvalue weighted by molar-refractivity contribution is 6.29. The fourth-order valence-electron chi connectivity index (χ4n) is 2.81. The van der Waals surface area contributed by atoms with Crippen molar-refractivity contribution >= 4 is 17.5 Å². The molecule has 23 heavy (non-hydrogen) atoms. The van der Waals surface area contributed by atoms with Crippen LogP contribution in [0.4, 0.5) is 4.39 Å². The Balaban J connectivity index is 1.90. The highest BCUT2D eigenvalue weighted by atomic mass is 35.5. The van der Waals surface area contributed by atoms with E-state index in [-0.39, 0.29) is 17.4 Å². The molecule has 1 amide bonds. The number of rotatable bonds is 3. The molecule has 1 saturated heterocycles. The van der Waals surface area contributed by atoms with Crippen molar-refractivity contribution in [1.82, 2.24) is 15.1 Å². The molecule has 0 spiro atoms. The SMILES string of the molecule is Cn1nc(C(=O)NC2(c3ccc(F)cc3)CCOCC2)cc1Cl. The largest absolute Gasteiger partial charge is 0.381 e. The molecule has 7 heteroatoms. The van der Waals surface area contributed by atoms with E-state index in [1.807, 2.05) is 0 Å². The van der Waals surface area contributed by atoms with Crippen LogP contribution in [-0.2, 0) is 17.3 Å². The van der Waals surface area contributed by atoms with Crippen molar-refractivity contribution in [2.24, 2.45) is 7.05 Å². The molecular weight excluding hydrogens is 321 g/mol. The predicted molar refractivity (Wildman–Crippen MR) is 83.8 cm³/mol. The van der Waals surface area contributed by atoms with Gasteiger partial charge in [-0.25, -0.2) is 4.39 Å². The lowest BCUT2D eigenvalue weighted by Gasteiger charge is -2.38. The molecule has 0 aliphatic carbocycles. The van der Waals surface area contributed by atoms with Crippen molar-refractivity contribution in [2.45, 2.75) is 18.4 Å². The van der Waals surface area contributed by atoms with Gasteiger partial charge in [0.15, 0.2) is 5.69 Å². The summed E-state index contributed by atoms with van der Waals surface area (Å²) in [6, 6.07) is 7.72. The van der Waals surface area contributed by atoms with Gasteiger partial charge in [-0.3, -0.25) is 9.48 Å². The van der Waals surface area contributed by atoms with E-state index < -0.39 is 5.54 Å². The first kappa shape index (κ1) is 16.0. The van der Waals surface area contributed by atoms with Crippen molar-refractivity contribution in [3.05, 3.63) is 52.6 Å². The minimum absolute atomic E-state index is 0.255. The highest BCUT2D eigenvalue weighted by Crippen LogP contribution is 2.32. The number of hydrogen-bond donors (Lipinski definition) is 1. The number of amides is 1. The lowest BCUT2D eigenvalue weighted by atomic mass is 9.82. The second-order valence-electron chi connectivity index (χ2n) is 5.63. The zero-order chi connectivity index (χ0) is 16.4. The van der Waals surface area contributed by atoms with E-state index in [0.29, 0.717) is 31.2 Å². The zero-order valence-electron chi connectivity index (χ0n) is 12.7. The third kappa shape index (κ3) is 3.23. The molecule has 0 saturated carbocycles. The van der Waals surface area contributed by atoms with Gasteiger partial charge in [0, 0.05) is 26.3 Å². The molecule has 0 unspecified atom stereocenters. The maximum absolute atomic E-state index is 13.2. The summed E-state index contributed by atoms with van der Waals surface area (Å²) in [7, 11) is 1.67. The lowest BCUT2D eigenvalue weighted by Crippen LogP contribution is -2.49. The van der Waals surface area contributed by atoms with Crippen molar-refractivity contribution in [3.63, 3.8) is 0 Å². The van der Waals surface area contributed by atoms with Crippen LogP contribution in [0.1, 0.15) is 28.9 Å². The number of carbonyl (C=O) groups is 1. The van der Waals surface area contributed by atoms with Crippen LogP contribution in [0, 0.1) is 5.82 Å². The summed E-state index contributed by atoms with van der Waals surface area (Å²) in [4.78, 5) is 12.6. The van der Waals surface area contributed by atoms with E-state index in [2.05, 4.69) is 10.4 Å². The Bertz CT molecular complexity index is 689. The summed E-state index contributed by atoms with van der Waals surface area (Å²) in [6.07, 6.45) is 1.23. The summed E-state index contributed by atoms with van der Waals surface area (Å²) < 4.78 is 20.1. The smallest absolute Gasteiger partial charge is 0.272 e. The van der Waals surface area contributed by atoms with Crippen molar-refractivity contribution in [1.29, 1.82) is 0 Å². The van der Waals surface area contributed by atoms with E-state index in [9.17, 15) is 9.18 Å². The van der Waals surface area contributed by atoms with Crippen molar-refractivity contribution < 1.29 is 13.9 Å². The summed E-state index contributed by atoms with van der Waals surface area (Å²) in [5.74, 6) is -0.613. The quantitative estimate of drug-likeness (QED) is 0.936. The Morgan fingerprint density at radius 2 is 2.00 bits per heavy atom. The fraction of sp³-hybridized carbons (Fsp3) is 0.375. The summed E-state index contributed by atoms with van der Waals surface area (Å²) in [5.41, 5.74) is 0.524. The molecule has 0 atom stereocenters. The van der Waals surface area contributed by atoms with Gasteiger partial charge in [0.2, 0.25) is 0 Å². The number of nitrogens with one attached hydrogen (secondary N) is 1. The Kier molecular flexibility index (Phi) is 4.37. The average Bonchev–Trinajstić information content (AvgIpc) is 2.88. The van der Waals surface area contributed by atoms with Crippen LogP contribution in [0.5, 0.6) is 0 Å². The zero-order valence-corrected chi connectivity index (χ0v) is 13.4. The Morgan fingerprint density at radius 1 is 1.35 bits per heavy atom. The lowest BCUT2D eigenvalue weighted by molar-refractivity contribution is 0.0343. The van der Waals surface area contributed by atoms with Crippen LogP contribution in [0.2, 0.25) is 5.15 Å². The van der Waals surface area contributed by atoms with Crippen LogP contribution < -0.4 is 5.32 Å². The number of benzene rings is 1. The molecule has 1 aliphatic rings. The number of ether oxygens (including phenoxy) is 1. The van der Waals surface area contributed by atoms with Crippen LogP contribution in [0.15, 0.2) is 30.3 Å². The maximum atomic E-state index is 13.2. The molecule has 3 rings (SSSR count). The Hall–Kier alpha value is -1.92. The first-order valence-corrected chi connectivity index (χ1v) is 7.74. The monoisotopic (exact) mass is 337 g/mol. The van der Waals surface area contributed by atoms with Gasteiger partial charge in [-0.1, -0.05) is 23.7 Å². The van der Waals surface area contributed by atoms with E-state index in [0.717, 1.165) is 5.56 Å². The van der Waals surface area contributed by atoms with Gasteiger partial charge in [-0.15, -0.1) is 0 Å². The predicted octanol–water partition coefficient (Wildman–Crippen LogP) is 2.65. The van der Waals surface area contributed by atoms with Crippen LogP contribution >= 0.6 is 11.6 Å². The number of hydrogen-bond acceptors (Lipinski definition) is 3. The minimum atomic E-state index is -0.590. The van der Waals surface area contributed by atoms with Gasteiger partial charge < -0.3 is 10.1 Å². The van der Waals surface area contributed by atoms with E-state index in [4.69, 9.17) is 16.3 Å². The topological polar surface area (TPSA) is 56.2 Å². The molecule has 2 heterocycles. The summed E-state index contributed by atoms with van der Waals surface area (Å²) >= 11 is 5.94. The molecule has 1 aliphatic heterocycles. The normalized spacial score (nSPS) is 17.0. The van der Waals surface area contributed by atoms with E-state index >= 15 is 0 Å². The van der Waals surface area contributed by atoms with Gasteiger partial charge in [0.25, 0.3) is 5.91 Å². The molecule has 0 bridgehead atoms. The highest BCUT2D eigenvalue weighted by Gasteiger charge is 2.36. The van der Waals surface area contributed by atoms with Gasteiger partial charge in [-0.05, 0) is 30.5 Å². The van der Waals surface area contributed by atoms with Crippen LogP contribution in [0.25, 0.3) is 0 Å². The maximum Gasteiger partial charge on any atom is 0.272 e. The van der Waals surface area contributed by atoms with Gasteiger partial charge in [-0.2, -0.15) is 5.10 Å². The summed E-state index contributed by atoms with van der Waals surface area (Å²) in [5, 5.41) is 7.53. The molecular formula is C16H17ClFN3O2.